The number of carbonyl (C=O) groups is 2. The maximum atomic E-state index is 12.9. The fraction of sp³-hybridized carbons (Fsp3) is 0.150. The van der Waals surface area contributed by atoms with Gasteiger partial charge in [0.05, 0.1) is 17.9 Å². The van der Waals surface area contributed by atoms with Gasteiger partial charge in [-0.1, -0.05) is 35.9 Å². The van der Waals surface area contributed by atoms with Crippen LogP contribution in [0.5, 0.6) is 0 Å². The van der Waals surface area contributed by atoms with Crippen molar-refractivity contribution in [2.24, 2.45) is 7.05 Å². The van der Waals surface area contributed by atoms with Crippen molar-refractivity contribution < 1.29 is 9.59 Å². The molecule has 1 N–H and O–H groups in total. The highest BCUT2D eigenvalue weighted by atomic mass is 35.5. The first-order valence-corrected chi connectivity index (χ1v) is 8.84. The number of aromatic nitrogens is 2. The molecular formula is C20H17ClN4O2. The van der Waals surface area contributed by atoms with E-state index in [1.807, 2.05) is 24.3 Å². The number of rotatable bonds is 2. The molecule has 0 aliphatic carbocycles. The summed E-state index contributed by atoms with van der Waals surface area (Å²) in [5, 5.41) is 7.80. The number of benzene rings is 2. The molecule has 0 saturated carbocycles. The number of fused-ring (bicyclic) bond motifs is 3. The van der Waals surface area contributed by atoms with Crippen LogP contribution in [0.1, 0.15) is 23.0 Å². The van der Waals surface area contributed by atoms with Gasteiger partial charge in [0, 0.05) is 35.8 Å². The summed E-state index contributed by atoms with van der Waals surface area (Å²) >= 11 is 5.99. The molecule has 0 unspecified atom stereocenters. The number of hydrogen-bond donors (Lipinski definition) is 1. The second kappa shape index (κ2) is 6.55. The fourth-order valence-electron chi connectivity index (χ4n) is 3.43. The summed E-state index contributed by atoms with van der Waals surface area (Å²) in [6, 6.07) is 14.6. The van der Waals surface area contributed by atoms with Gasteiger partial charge in [0.1, 0.15) is 0 Å². The lowest BCUT2D eigenvalue weighted by atomic mass is 9.97. The van der Waals surface area contributed by atoms with E-state index in [0.29, 0.717) is 22.9 Å². The largest absolute Gasteiger partial charge is 0.321 e. The SMILES string of the molecule is CC(=O)N1Cc2c(C(=O)Nc3cccc(Cl)c3)nn(C)c2-c2ccccc21. The molecule has 2 heterocycles. The number of amides is 2. The number of halogens is 1. The third kappa shape index (κ3) is 2.98. The van der Waals surface area contributed by atoms with Crippen molar-refractivity contribution in [3.63, 3.8) is 0 Å². The number of anilines is 2. The second-order valence-corrected chi connectivity index (χ2v) is 6.82. The van der Waals surface area contributed by atoms with Gasteiger partial charge in [0.25, 0.3) is 5.91 Å². The van der Waals surface area contributed by atoms with Crippen molar-refractivity contribution >= 4 is 34.8 Å². The van der Waals surface area contributed by atoms with Gasteiger partial charge in [-0.3, -0.25) is 14.3 Å². The van der Waals surface area contributed by atoms with Crippen molar-refractivity contribution in [2.75, 3.05) is 10.2 Å². The van der Waals surface area contributed by atoms with Crippen LogP contribution in [0.2, 0.25) is 5.02 Å². The van der Waals surface area contributed by atoms with Gasteiger partial charge in [-0.05, 0) is 24.3 Å². The normalized spacial score (nSPS) is 12.3. The average molecular weight is 381 g/mol. The first-order valence-electron chi connectivity index (χ1n) is 8.46. The van der Waals surface area contributed by atoms with Crippen molar-refractivity contribution in [3.8, 4) is 11.3 Å². The third-order valence-electron chi connectivity index (χ3n) is 4.59. The van der Waals surface area contributed by atoms with Crippen molar-refractivity contribution in [1.82, 2.24) is 9.78 Å². The van der Waals surface area contributed by atoms with Crippen LogP contribution in [0.15, 0.2) is 48.5 Å². The molecule has 0 saturated heterocycles. The van der Waals surface area contributed by atoms with Gasteiger partial charge >= 0.3 is 0 Å². The van der Waals surface area contributed by atoms with Gasteiger partial charge in [-0.15, -0.1) is 0 Å². The summed E-state index contributed by atoms with van der Waals surface area (Å²) in [7, 11) is 1.80. The fourth-order valence-corrected chi connectivity index (χ4v) is 3.62. The van der Waals surface area contributed by atoms with E-state index >= 15 is 0 Å². The summed E-state index contributed by atoms with van der Waals surface area (Å²) in [6.07, 6.45) is 0. The molecule has 7 heteroatoms. The minimum Gasteiger partial charge on any atom is -0.321 e. The standard InChI is InChI=1S/C20H17ClN4O2/c1-12(26)25-11-16-18(20(27)22-14-7-5-6-13(21)10-14)23-24(2)19(16)15-8-3-4-9-17(15)25/h3-10H,11H2,1-2H3,(H,22,27). The zero-order chi connectivity index (χ0) is 19.1. The lowest BCUT2D eigenvalue weighted by Crippen LogP contribution is -2.32. The Morgan fingerprint density at radius 2 is 1.93 bits per heavy atom. The summed E-state index contributed by atoms with van der Waals surface area (Å²) < 4.78 is 1.69. The van der Waals surface area contributed by atoms with Crippen molar-refractivity contribution in [3.05, 3.63) is 64.8 Å². The number of nitrogens with one attached hydrogen (secondary N) is 1. The van der Waals surface area contributed by atoms with E-state index < -0.39 is 0 Å². The minimum absolute atomic E-state index is 0.0850. The molecule has 0 fully saturated rings. The average Bonchev–Trinajstić information content (AvgIpc) is 2.98. The predicted octanol–water partition coefficient (Wildman–Crippen LogP) is 3.86. The zero-order valence-electron chi connectivity index (χ0n) is 14.9. The Kier molecular flexibility index (Phi) is 4.20. The molecule has 136 valence electrons. The Hall–Kier alpha value is -3.12. The molecule has 0 spiro atoms. The summed E-state index contributed by atoms with van der Waals surface area (Å²) in [5.74, 6) is -0.421. The number of hydrogen-bond acceptors (Lipinski definition) is 3. The number of nitrogens with zero attached hydrogens (tertiary/aromatic N) is 3. The highest BCUT2D eigenvalue weighted by Gasteiger charge is 2.32. The van der Waals surface area contributed by atoms with Crippen LogP contribution in [0.3, 0.4) is 0 Å². The molecule has 0 radical (unpaired) electrons. The monoisotopic (exact) mass is 380 g/mol. The van der Waals surface area contributed by atoms with Crippen LogP contribution < -0.4 is 10.2 Å². The summed E-state index contributed by atoms with van der Waals surface area (Å²) in [6.45, 7) is 1.82. The van der Waals surface area contributed by atoms with Gasteiger partial charge in [0.2, 0.25) is 5.91 Å². The molecule has 3 aromatic rings. The van der Waals surface area contributed by atoms with Crippen LogP contribution in [0.25, 0.3) is 11.3 Å². The zero-order valence-corrected chi connectivity index (χ0v) is 15.6. The maximum absolute atomic E-state index is 12.9. The molecule has 4 rings (SSSR count). The molecule has 27 heavy (non-hydrogen) atoms. The molecule has 0 atom stereocenters. The first kappa shape index (κ1) is 17.3. The number of para-hydroxylation sites is 1. The molecule has 1 aliphatic rings. The van der Waals surface area contributed by atoms with E-state index in [0.717, 1.165) is 22.5 Å². The summed E-state index contributed by atoms with van der Waals surface area (Å²) in [5.41, 5.74) is 4.16. The molecular weight excluding hydrogens is 364 g/mol. The quantitative estimate of drug-likeness (QED) is 0.734. The molecule has 0 bridgehead atoms. The van der Waals surface area contributed by atoms with E-state index in [9.17, 15) is 9.59 Å². The topological polar surface area (TPSA) is 67.2 Å². The van der Waals surface area contributed by atoms with Crippen LogP contribution in [0.4, 0.5) is 11.4 Å². The molecule has 6 nitrogen and oxygen atoms in total. The van der Waals surface area contributed by atoms with Gasteiger partial charge in [-0.25, -0.2) is 0 Å². The summed E-state index contributed by atoms with van der Waals surface area (Å²) in [4.78, 5) is 26.7. The number of carbonyl (C=O) groups excluding carboxylic acids is 2. The van der Waals surface area contributed by atoms with Crippen LogP contribution >= 0.6 is 11.6 Å². The maximum Gasteiger partial charge on any atom is 0.276 e. The lowest BCUT2D eigenvalue weighted by Gasteiger charge is -2.29. The van der Waals surface area contributed by atoms with Crippen molar-refractivity contribution in [2.45, 2.75) is 13.5 Å². The molecule has 2 amide bonds. The Bertz CT molecular complexity index is 1070. The Morgan fingerprint density at radius 3 is 2.67 bits per heavy atom. The van der Waals surface area contributed by atoms with E-state index in [-0.39, 0.29) is 11.8 Å². The van der Waals surface area contributed by atoms with Crippen LogP contribution in [0, 0.1) is 0 Å². The Labute approximate surface area is 161 Å². The van der Waals surface area contributed by atoms with Gasteiger partial charge < -0.3 is 10.2 Å². The van der Waals surface area contributed by atoms with E-state index in [4.69, 9.17) is 11.6 Å². The van der Waals surface area contributed by atoms with E-state index in [1.54, 1.807) is 40.9 Å². The first-order chi connectivity index (χ1) is 13.0. The second-order valence-electron chi connectivity index (χ2n) is 6.39. The van der Waals surface area contributed by atoms with E-state index in [2.05, 4.69) is 10.4 Å². The van der Waals surface area contributed by atoms with Gasteiger partial charge in [0.15, 0.2) is 5.69 Å². The minimum atomic E-state index is -0.336. The molecule has 1 aromatic heterocycles. The molecule has 1 aliphatic heterocycles. The number of aryl methyl sites for hydroxylation is 1. The highest BCUT2D eigenvalue weighted by molar-refractivity contribution is 6.31. The third-order valence-corrected chi connectivity index (χ3v) is 4.82. The Balaban J connectivity index is 1.78. The van der Waals surface area contributed by atoms with Crippen LogP contribution in [-0.4, -0.2) is 21.6 Å². The smallest absolute Gasteiger partial charge is 0.276 e. The van der Waals surface area contributed by atoms with Crippen LogP contribution in [-0.2, 0) is 18.4 Å². The highest BCUT2D eigenvalue weighted by Crippen LogP contribution is 2.40. The van der Waals surface area contributed by atoms with E-state index in [1.165, 1.54) is 6.92 Å². The Morgan fingerprint density at radius 1 is 1.15 bits per heavy atom. The van der Waals surface area contributed by atoms with Gasteiger partial charge in [-0.2, -0.15) is 5.10 Å². The lowest BCUT2D eigenvalue weighted by molar-refractivity contribution is -0.116. The predicted molar refractivity (Wildman–Crippen MR) is 105 cm³/mol. The van der Waals surface area contributed by atoms with Crippen molar-refractivity contribution in [1.29, 1.82) is 0 Å². The molecule has 2 aromatic carbocycles.